The molecule has 1 unspecified atom stereocenters. The summed E-state index contributed by atoms with van der Waals surface area (Å²) >= 11 is 6.19. The first-order valence-electron chi connectivity index (χ1n) is 7.07. The van der Waals surface area contributed by atoms with E-state index in [1.54, 1.807) is 0 Å². The molecule has 4 nitrogen and oxygen atoms in total. The van der Waals surface area contributed by atoms with Crippen LogP contribution in [0.3, 0.4) is 0 Å². The Morgan fingerprint density at radius 2 is 2.30 bits per heavy atom. The first-order valence-corrected chi connectivity index (χ1v) is 7.45. The van der Waals surface area contributed by atoms with Crippen molar-refractivity contribution in [3.8, 4) is 0 Å². The van der Waals surface area contributed by atoms with E-state index in [4.69, 9.17) is 11.6 Å². The summed E-state index contributed by atoms with van der Waals surface area (Å²) in [6, 6.07) is 6.05. The average molecular weight is 296 g/mol. The minimum absolute atomic E-state index is 0.0454. The van der Waals surface area contributed by atoms with Gasteiger partial charge < -0.3 is 15.5 Å². The van der Waals surface area contributed by atoms with Crippen molar-refractivity contribution in [3.63, 3.8) is 0 Å². The van der Waals surface area contributed by atoms with Gasteiger partial charge in [-0.15, -0.1) is 0 Å². The second-order valence-electron chi connectivity index (χ2n) is 5.41. The SMILES string of the molecule is CN(C)c1c(Cl)cccc1NC(=O)CCC1CCCN1. The van der Waals surface area contributed by atoms with Crippen LogP contribution in [-0.4, -0.2) is 32.6 Å². The Labute approximate surface area is 125 Å². The number of hydrogen-bond donors (Lipinski definition) is 2. The molecular formula is C15H22ClN3O. The van der Waals surface area contributed by atoms with E-state index in [-0.39, 0.29) is 5.91 Å². The van der Waals surface area contributed by atoms with Crippen molar-refractivity contribution < 1.29 is 4.79 Å². The zero-order chi connectivity index (χ0) is 14.5. The monoisotopic (exact) mass is 295 g/mol. The standard InChI is InChI=1S/C15H22ClN3O/c1-19(2)15-12(16)6-3-7-13(15)18-14(20)9-8-11-5-4-10-17-11/h3,6-7,11,17H,4-5,8-10H2,1-2H3,(H,18,20). The molecule has 1 aromatic rings. The maximum Gasteiger partial charge on any atom is 0.224 e. The number of anilines is 2. The quantitative estimate of drug-likeness (QED) is 0.878. The lowest BCUT2D eigenvalue weighted by molar-refractivity contribution is -0.116. The molecule has 0 radical (unpaired) electrons. The summed E-state index contributed by atoms with van der Waals surface area (Å²) in [5.74, 6) is 0.0454. The molecule has 2 N–H and O–H groups in total. The average Bonchev–Trinajstić information content (AvgIpc) is 2.89. The van der Waals surface area contributed by atoms with Gasteiger partial charge in [-0.05, 0) is 37.9 Å². The van der Waals surface area contributed by atoms with Crippen LogP contribution in [0, 0.1) is 0 Å². The summed E-state index contributed by atoms with van der Waals surface area (Å²) in [5.41, 5.74) is 1.62. The molecular weight excluding hydrogens is 274 g/mol. The van der Waals surface area contributed by atoms with Crippen molar-refractivity contribution in [3.05, 3.63) is 23.2 Å². The largest absolute Gasteiger partial charge is 0.375 e. The van der Waals surface area contributed by atoms with E-state index in [1.165, 1.54) is 12.8 Å². The highest BCUT2D eigenvalue weighted by Crippen LogP contribution is 2.32. The van der Waals surface area contributed by atoms with Gasteiger partial charge in [0.1, 0.15) is 0 Å². The van der Waals surface area contributed by atoms with Crippen molar-refractivity contribution in [1.29, 1.82) is 0 Å². The lowest BCUT2D eigenvalue weighted by atomic mass is 10.1. The van der Waals surface area contributed by atoms with E-state index in [0.717, 1.165) is 24.3 Å². The molecule has 110 valence electrons. The highest BCUT2D eigenvalue weighted by molar-refractivity contribution is 6.34. The second-order valence-corrected chi connectivity index (χ2v) is 5.82. The second kappa shape index (κ2) is 6.95. The minimum atomic E-state index is 0.0454. The number of carbonyl (C=O) groups excluding carboxylic acids is 1. The zero-order valence-corrected chi connectivity index (χ0v) is 12.8. The van der Waals surface area contributed by atoms with Gasteiger partial charge in [-0.2, -0.15) is 0 Å². The molecule has 1 fully saturated rings. The van der Waals surface area contributed by atoms with Crippen molar-refractivity contribution in [2.45, 2.75) is 31.7 Å². The highest BCUT2D eigenvalue weighted by Gasteiger charge is 2.16. The van der Waals surface area contributed by atoms with Gasteiger partial charge >= 0.3 is 0 Å². The summed E-state index contributed by atoms with van der Waals surface area (Å²) in [6.07, 6.45) is 3.82. The molecule has 1 heterocycles. The number of amides is 1. The molecule has 20 heavy (non-hydrogen) atoms. The molecule has 1 amide bonds. The van der Waals surface area contributed by atoms with Crippen LogP contribution in [0.1, 0.15) is 25.7 Å². The number of nitrogens with zero attached hydrogens (tertiary/aromatic N) is 1. The Morgan fingerprint density at radius 1 is 1.50 bits per heavy atom. The molecule has 1 aromatic carbocycles. The van der Waals surface area contributed by atoms with Crippen LogP contribution >= 0.6 is 11.6 Å². The third-order valence-electron chi connectivity index (χ3n) is 3.59. The zero-order valence-electron chi connectivity index (χ0n) is 12.1. The van der Waals surface area contributed by atoms with Gasteiger partial charge in [-0.25, -0.2) is 0 Å². The maximum atomic E-state index is 12.1. The Bertz CT molecular complexity index is 470. The molecule has 0 saturated carbocycles. The van der Waals surface area contributed by atoms with Gasteiger partial charge in [-0.3, -0.25) is 4.79 Å². The highest BCUT2D eigenvalue weighted by atomic mass is 35.5. The predicted molar refractivity (Wildman–Crippen MR) is 84.7 cm³/mol. The summed E-state index contributed by atoms with van der Waals surface area (Å²) in [5, 5.41) is 7.01. The molecule has 0 aromatic heterocycles. The van der Waals surface area contributed by atoms with Crippen molar-refractivity contribution in [1.82, 2.24) is 5.32 Å². The van der Waals surface area contributed by atoms with Crippen LogP contribution in [0.2, 0.25) is 5.02 Å². The van der Waals surface area contributed by atoms with Gasteiger partial charge in [0.15, 0.2) is 0 Å². The first-order chi connectivity index (χ1) is 9.58. The summed E-state index contributed by atoms with van der Waals surface area (Å²) in [6.45, 7) is 1.07. The predicted octanol–water partition coefficient (Wildman–Crippen LogP) is 2.88. The normalized spacial score (nSPS) is 18.1. The Morgan fingerprint density at radius 3 is 2.95 bits per heavy atom. The Hall–Kier alpha value is -1.26. The molecule has 0 bridgehead atoms. The van der Waals surface area contributed by atoms with Crippen LogP contribution in [0.4, 0.5) is 11.4 Å². The van der Waals surface area contributed by atoms with E-state index in [9.17, 15) is 4.79 Å². The molecule has 1 aliphatic rings. The van der Waals surface area contributed by atoms with Crippen LogP contribution < -0.4 is 15.5 Å². The fourth-order valence-corrected chi connectivity index (χ4v) is 2.94. The number of benzene rings is 1. The fraction of sp³-hybridized carbons (Fsp3) is 0.533. The molecule has 1 saturated heterocycles. The lowest BCUT2D eigenvalue weighted by Crippen LogP contribution is -2.24. The molecule has 0 aliphatic carbocycles. The summed E-state index contributed by atoms with van der Waals surface area (Å²) in [7, 11) is 3.83. The van der Waals surface area contributed by atoms with Gasteiger partial charge in [-0.1, -0.05) is 17.7 Å². The van der Waals surface area contributed by atoms with Crippen molar-refractivity contribution in [2.75, 3.05) is 30.9 Å². The third-order valence-corrected chi connectivity index (χ3v) is 3.90. The number of hydrogen-bond acceptors (Lipinski definition) is 3. The van der Waals surface area contributed by atoms with E-state index in [2.05, 4.69) is 10.6 Å². The number of halogens is 1. The smallest absolute Gasteiger partial charge is 0.224 e. The van der Waals surface area contributed by atoms with Crippen LogP contribution in [0.25, 0.3) is 0 Å². The molecule has 1 atom stereocenters. The van der Waals surface area contributed by atoms with Crippen LogP contribution in [0.15, 0.2) is 18.2 Å². The fourth-order valence-electron chi connectivity index (χ4n) is 2.59. The minimum Gasteiger partial charge on any atom is -0.375 e. The van der Waals surface area contributed by atoms with Crippen molar-refractivity contribution >= 4 is 28.9 Å². The molecule has 1 aliphatic heterocycles. The Kier molecular flexibility index (Phi) is 5.26. The lowest BCUT2D eigenvalue weighted by Gasteiger charge is -2.19. The van der Waals surface area contributed by atoms with Crippen LogP contribution in [-0.2, 0) is 4.79 Å². The van der Waals surface area contributed by atoms with E-state index in [0.29, 0.717) is 17.5 Å². The number of rotatable bonds is 5. The topological polar surface area (TPSA) is 44.4 Å². The van der Waals surface area contributed by atoms with Crippen molar-refractivity contribution in [2.24, 2.45) is 0 Å². The Balaban J connectivity index is 1.95. The van der Waals surface area contributed by atoms with E-state index >= 15 is 0 Å². The van der Waals surface area contributed by atoms with Crippen LogP contribution in [0.5, 0.6) is 0 Å². The van der Waals surface area contributed by atoms with E-state index < -0.39 is 0 Å². The van der Waals surface area contributed by atoms with Gasteiger partial charge in [0.05, 0.1) is 16.4 Å². The first kappa shape index (κ1) is 15.1. The van der Waals surface area contributed by atoms with Gasteiger partial charge in [0, 0.05) is 26.6 Å². The molecule has 5 heteroatoms. The number of carbonyl (C=O) groups is 1. The number of para-hydroxylation sites is 1. The maximum absolute atomic E-state index is 12.1. The number of nitrogens with one attached hydrogen (secondary N) is 2. The summed E-state index contributed by atoms with van der Waals surface area (Å²) in [4.78, 5) is 14.0. The molecule has 2 rings (SSSR count). The summed E-state index contributed by atoms with van der Waals surface area (Å²) < 4.78 is 0. The molecule has 0 spiro atoms. The van der Waals surface area contributed by atoms with Gasteiger partial charge in [0.25, 0.3) is 0 Å². The van der Waals surface area contributed by atoms with E-state index in [1.807, 2.05) is 37.2 Å². The van der Waals surface area contributed by atoms with Gasteiger partial charge in [0.2, 0.25) is 5.91 Å². The third kappa shape index (κ3) is 3.87.